The van der Waals surface area contributed by atoms with Gasteiger partial charge in [0.15, 0.2) is 0 Å². The summed E-state index contributed by atoms with van der Waals surface area (Å²) in [6.07, 6.45) is 1.04. The van der Waals surface area contributed by atoms with Gasteiger partial charge in [0.05, 0.1) is 12.6 Å². The highest BCUT2D eigenvalue weighted by Crippen LogP contribution is 2.22. The molecule has 4 nitrogen and oxygen atoms in total. The van der Waals surface area contributed by atoms with Gasteiger partial charge < -0.3 is 10.6 Å². The minimum absolute atomic E-state index is 0.0350. The highest BCUT2D eigenvalue weighted by molar-refractivity contribution is 6.31. The fraction of sp³-hybridized carbons (Fsp3) is 0.350. The standard InChI is InChI=1S/C20H24ClN3O/c1-15(18-9-5-6-10-19(18)21)22-20(25)14-24-12-11-17(13-24)23-16-7-3-2-4-8-16/h2-10,15,17,23H,11-14H2,1H3,(H,22,25)/t15-,17-/m0/s1. The van der Waals surface area contributed by atoms with Crippen LogP contribution in [-0.2, 0) is 4.79 Å². The summed E-state index contributed by atoms with van der Waals surface area (Å²) in [7, 11) is 0. The summed E-state index contributed by atoms with van der Waals surface area (Å²) in [4.78, 5) is 14.5. The predicted octanol–water partition coefficient (Wildman–Crippen LogP) is 3.70. The van der Waals surface area contributed by atoms with Crippen molar-refractivity contribution >= 4 is 23.2 Å². The zero-order valence-corrected chi connectivity index (χ0v) is 15.2. The van der Waals surface area contributed by atoms with Gasteiger partial charge in [0.2, 0.25) is 5.91 Å². The number of nitrogens with zero attached hydrogens (tertiary/aromatic N) is 1. The summed E-state index contributed by atoms with van der Waals surface area (Å²) in [5, 5.41) is 7.25. The molecule has 1 amide bonds. The third kappa shape index (κ3) is 4.97. The molecule has 0 radical (unpaired) electrons. The SMILES string of the molecule is C[C@H](NC(=O)CN1CC[C@H](Nc2ccccc2)C1)c1ccccc1Cl. The zero-order chi connectivity index (χ0) is 17.6. The second-order valence-electron chi connectivity index (χ2n) is 6.54. The van der Waals surface area contributed by atoms with E-state index in [1.807, 2.05) is 49.4 Å². The maximum absolute atomic E-state index is 12.3. The van der Waals surface area contributed by atoms with Gasteiger partial charge in [0, 0.05) is 29.8 Å². The van der Waals surface area contributed by atoms with E-state index >= 15 is 0 Å². The number of carbonyl (C=O) groups excluding carboxylic acids is 1. The maximum Gasteiger partial charge on any atom is 0.234 e. The van der Waals surface area contributed by atoms with Gasteiger partial charge in [-0.3, -0.25) is 9.69 Å². The fourth-order valence-electron chi connectivity index (χ4n) is 3.26. The Morgan fingerprint density at radius 3 is 2.68 bits per heavy atom. The van der Waals surface area contributed by atoms with E-state index in [9.17, 15) is 4.79 Å². The number of amides is 1. The molecule has 2 N–H and O–H groups in total. The van der Waals surface area contributed by atoms with Gasteiger partial charge in [0.25, 0.3) is 0 Å². The number of carbonyl (C=O) groups is 1. The Bertz CT molecular complexity index is 707. The quantitative estimate of drug-likeness (QED) is 0.828. The molecule has 5 heteroatoms. The Kier molecular flexibility index (Phi) is 5.95. The van der Waals surface area contributed by atoms with Crippen LogP contribution in [0.15, 0.2) is 54.6 Å². The first-order valence-electron chi connectivity index (χ1n) is 8.69. The molecule has 25 heavy (non-hydrogen) atoms. The molecular weight excluding hydrogens is 334 g/mol. The van der Waals surface area contributed by atoms with Crippen molar-refractivity contribution in [2.75, 3.05) is 25.0 Å². The molecule has 1 heterocycles. The summed E-state index contributed by atoms with van der Waals surface area (Å²) in [5.74, 6) is 0.0350. The van der Waals surface area contributed by atoms with E-state index in [1.54, 1.807) is 0 Å². The lowest BCUT2D eigenvalue weighted by molar-refractivity contribution is -0.122. The van der Waals surface area contributed by atoms with Crippen molar-refractivity contribution in [3.05, 3.63) is 65.2 Å². The third-order valence-corrected chi connectivity index (χ3v) is 4.88. The van der Waals surface area contributed by atoms with Crippen molar-refractivity contribution in [2.45, 2.75) is 25.4 Å². The molecule has 0 bridgehead atoms. The summed E-state index contributed by atoms with van der Waals surface area (Å²) in [5.41, 5.74) is 2.08. The van der Waals surface area contributed by atoms with E-state index in [0.717, 1.165) is 30.8 Å². The predicted molar refractivity (Wildman–Crippen MR) is 103 cm³/mol. The third-order valence-electron chi connectivity index (χ3n) is 4.53. The van der Waals surface area contributed by atoms with Crippen LogP contribution in [0.1, 0.15) is 24.9 Å². The van der Waals surface area contributed by atoms with Gasteiger partial charge >= 0.3 is 0 Å². The second-order valence-corrected chi connectivity index (χ2v) is 6.95. The number of benzene rings is 2. The van der Waals surface area contributed by atoms with Crippen LogP contribution in [-0.4, -0.2) is 36.5 Å². The molecule has 0 aromatic heterocycles. The average molecular weight is 358 g/mol. The monoisotopic (exact) mass is 357 g/mol. The van der Waals surface area contributed by atoms with Crippen molar-refractivity contribution in [1.82, 2.24) is 10.2 Å². The molecule has 2 aromatic rings. The van der Waals surface area contributed by atoms with Gasteiger partial charge in [-0.15, -0.1) is 0 Å². The van der Waals surface area contributed by atoms with Gasteiger partial charge in [-0.2, -0.15) is 0 Å². The first kappa shape index (κ1) is 17.8. The normalized spacial score (nSPS) is 18.7. The summed E-state index contributed by atoms with van der Waals surface area (Å²) in [6, 6.07) is 18.1. The summed E-state index contributed by atoms with van der Waals surface area (Å²) < 4.78 is 0. The largest absolute Gasteiger partial charge is 0.381 e. The molecule has 1 aliphatic heterocycles. The average Bonchev–Trinajstić information content (AvgIpc) is 3.02. The molecule has 0 saturated carbocycles. The molecule has 0 spiro atoms. The number of rotatable bonds is 6. The van der Waals surface area contributed by atoms with Crippen molar-refractivity contribution in [1.29, 1.82) is 0 Å². The lowest BCUT2D eigenvalue weighted by atomic mass is 10.1. The van der Waals surface area contributed by atoms with Gasteiger partial charge in [0.1, 0.15) is 0 Å². The minimum atomic E-state index is -0.0953. The van der Waals surface area contributed by atoms with Crippen LogP contribution in [0, 0.1) is 0 Å². The first-order valence-corrected chi connectivity index (χ1v) is 9.07. The highest BCUT2D eigenvalue weighted by Gasteiger charge is 2.24. The molecule has 1 saturated heterocycles. The number of hydrogen-bond acceptors (Lipinski definition) is 3. The van der Waals surface area contributed by atoms with Crippen LogP contribution in [0.5, 0.6) is 0 Å². The molecule has 1 aliphatic rings. The molecule has 1 fully saturated rings. The summed E-state index contributed by atoms with van der Waals surface area (Å²) >= 11 is 6.20. The topological polar surface area (TPSA) is 44.4 Å². The first-order chi connectivity index (χ1) is 12.1. The van der Waals surface area contributed by atoms with Crippen molar-refractivity contribution in [2.24, 2.45) is 0 Å². The smallest absolute Gasteiger partial charge is 0.234 e. The Morgan fingerprint density at radius 2 is 1.92 bits per heavy atom. The van der Waals surface area contributed by atoms with E-state index in [-0.39, 0.29) is 11.9 Å². The minimum Gasteiger partial charge on any atom is -0.381 e. The fourth-order valence-corrected chi connectivity index (χ4v) is 3.56. The number of halogens is 1. The van der Waals surface area contributed by atoms with Gasteiger partial charge in [-0.1, -0.05) is 48.0 Å². The van der Waals surface area contributed by atoms with E-state index in [0.29, 0.717) is 17.6 Å². The molecule has 2 aromatic carbocycles. The van der Waals surface area contributed by atoms with Crippen LogP contribution < -0.4 is 10.6 Å². The Balaban J connectivity index is 1.46. The van der Waals surface area contributed by atoms with E-state index < -0.39 is 0 Å². The Morgan fingerprint density at radius 1 is 1.20 bits per heavy atom. The Hall–Kier alpha value is -2.04. The molecule has 0 aliphatic carbocycles. The van der Waals surface area contributed by atoms with Gasteiger partial charge in [-0.05, 0) is 37.1 Å². The van der Waals surface area contributed by atoms with E-state index in [1.165, 1.54) is 0 Å². The second kappa shape index (κ2) is 8.37. The number of anilines is 1. The number of nitrogens with one attached hydrogen (secondary N) is 2. The number of hydrogen-bond donors (Lipinski definition) is 2. The van der Waals surface area contributed by atoms with Crippen LogP contribution in [0.3, 0.4) is 0 Å². The number of likely N-dealkylation sites (tertiary alicyclic amines) is 1. The van der Waals surface area contributed by atoms with Gasteiger partial charge in [-0.25, -0.2) is 0 Å². The van der Waals surface area contributed by atoms with Crippen LogP contribution in [0.25, 0.3) is 0 Å². The van der Waals surface area contributed by atoms with Crippen molar-refractivity contribution in [3.8, 4) is 0 Å². The lowest BCUT2D eigenvalue weighted by Gasteiger charge is -2.20. The van der Waals surface area contributed by atoms with Crippen LogP contribution in [0.4, 0.5) is 5.69 Å². The molecule has 0 unspecified atom stereocenters. The molecule has 132 valence electrons. The van der Waals surface area contributed by atoms with E-state index in [4.69, 9.17) is 11.6 Å². The lowest BCUT2D eigenvalue weighted by Crippen LogP contribution is -2.38. The molecule has 3 rings (SSSR count). The van der Waals surface area contributed by atoms with Crippen molar-refractivity contribution < 1.29 is 4.79 Å². The van der Waals surface area contributed by atoms with E-state index in [2.05, 4.69) is 27.7 Å². The van der Waals surface area contributed by atoms with Crippen molar-refractivity contribution in [3.63, 3.8) is 0 Å². The zero-order valence-electron chi connectivity index (χ0n) is 14.4. The molecule has 2 atom stereocenters. The maximum atomic E-state index is 12.3. The Labute approximate surface area is 154 Å². The summed E-state index contributed by atoms with van der Waals surface area (Å²) in [6.45, 7) is 4.19. The highest BCUT2D eigenvalue weighted by atomic mass is 35.5. The van der Waals surface area contributed by atoms with Crippen LogP contribution >= 0.6 is 11.6 Å². The molecular formula is C20H24ClN3O. The number of para-hydroxylation sites is 1. The van der Waals surface area contributed by atoms with Crippen LogP contribution in [0.2, 0.25) is 5.02 Å².